The maximum Gasteiger partial charge on any atom is 0.331 e. The molecule has 1 aromatic heterocycles. The van der Waals surface area contributed by atoms with E-state index < -0.39 is 6.03 Å². The monoisotopic (exact) mass is 355 g/mol. The summed E-state index contributed by atoms with van der Waals surface area (Å²) in [4.78, 5) is 28.6. The molecule has 0 aliphatic carbocycles. The summed E-state index contributed by atoms with van der Waals surface area (Å²) in [6, 6.07) is 13.2. The van der Waals surface area contributed by atoms with Crippen molar-refractivity contribution in [3.63, 3.8) is 0 Å². The second-order valence-corrected chi connectivity index (χ2v) is 5.22. The average Bonchev–Trinajstić information content (AvgIpc) is 3.20. The van der Waals surface area contributed by atoms with Gasteiger partial charge in [-0.1, -0.05) is 55.8 Å². The minimum Gasteiger partial charge on any atom is -0.306 e. The van der Waals surface area contributed by atoms with E-state index in [9.17, 15) is 9.59 Å². The van der Waals surface area contributed by atoms with Crippen molar-refractivity contribution in [3.05, 3.63) is 83.4 Å². The molecule has 1 amide bonds. The normalized spacial score (nSPS) is 9.72. The third kappa shape index (κ3) is 4.55. The molecule has 0 bridgehead atoms. The quantitative estimate of drug-likeness (QED) is 0.681. The molecule has 0 atom stereocenters. The maximum atomic E-state index is 12.7. The maximum absolute atomic E-state index is 12.7. The molecule has 3 aromatic rings. The van der Waals surface area contributed by atoms with Crippen LogP contribution in [0.25, 0.3) is 0 Å². The first-order chi connectivity index (χ1) is 12.1. The Morgan fingerprint density at radius 3 is 2.44 bits per heavy atom. The van der Waals surface area contributed by atoms with Crippen molar-refractivity contribution < 1.29 is 9.59 Å². The Labute approximate surface area is 151 Å². The molecule has 1 N–H and O–H groups in total. The lowest BCUT2D eigenvalue weighted by Crippen LogP contribution is -2.19. The molecule has 5 nitrogen and oxygen atoms in total. The van der Waals surface area contributed by atoms with E-state index in [1.807, 2.05) is 19.9 Å². The van der Waals surface area contributed by atoms with Crippen LogP contribution >= 0.6 is 11.6 Å². The molecule has 0 fully saturated rings. The molecular weight excluding hydrogens is 338 g/mol. The van der Waals surface area contributed by atoms with Gasteiger partial charge in [0.25, 0.3) is 0 Å². The van der Waals surface area contributed by atoms with E-state index in [4.69, 9.17) is 11.6 Å². The zero-order valence-electron chi connectivity index (χ0n) is 13.9. The van der Waals surface area contributed by atoms with Crippen molar-refractivity contribution in [1.82, 2.24) is 9.55 Å². The molecule has 128 valence electrons. The number of carbonyl (C=O) groups excluding carboxylic acids is 2. The second kappa shape index (κ2) is 8.80. The Balaban J connectivity index is 0.00000109. The molecule has 25 heavy (non-hydrogen) atoms. The summed E-state index contributed by atoms with van der Waals surface area (Å²) in [5, 5.41) is 3.12. The first-order valence-corrected chi connectivity index (χ1v) is 8.21. The first kappa shape index (κ1) is 18.4. The number of rotatable bonds is 3. The van der Waals surface area contributed by atoms with Crippen LogP contribution in [0.3, 0.4) is 0 Å². The lowest BCUT2D eigenvalue weighted by molar-refractivity contribution is 0.103. The van der Waals surface area contributed by atoms with Gasteiger partial charge in [-0.15, -0.1) is 0 Å². The predicted molar refractivity (Wildman–Crippen MR) is 99.3 cm³/mol. The number of carbonyl (C=O) groups is 2. The molecule has 6 heteroatoms. The minimum atomic E-state index is -0.410. The number of ketones is 1. The minimum absolute atomic E-state index is 0.214. The number of nitrogens with zero attached hydrogens (tertiary/aromatic N) is 2. The van der Waals surface area contributed by atoms with Crippen LogP contribution in [-0.4, -0.2) is 21.4 Å². The molecule has 2 aromatic carbocycles. The third-order valence-corrected chi connectivity index (χ3v) is 3.48. The highest BCUT2D eigenvalue weighted by Gasteiger charge is 2.16. The molecule has 0 unspecified atom stereocenters. The van der Waals surface area contributed by atoms with Gasteiger partial charge in [-0.05, 0) is 18.2 Å². The van der Waals surface area contributed by atoms with E-state index in [-0.39, 0.29) is 5.78 Å². The van der Waals surface area contributed by atoms with E-state index in [2.05, 4.69) is 10.3 Å². The van der Waals surface area contributed by atoms with Crippen LogP contribution in [0.5, 0.6) is 0 Å². The molecule has 3 rings (SSSR count). The molecule has 0 saturated heterocycles. The van der Waals surface area contributed by atoms with Gasteiger partial charge >= 0.3 is 6.03 Å². The van der Waals surface area contributed by atoms with Gasteiger partial charge in [0.05, 0.1) is 5.69 Å². The number of halogens is 1. The van der Waals surface area contributed by atoms with Gasteiger partial charge in [-0.25, -0.2) is 9.78 Å². The van der Waals surface area contributed by atoms with E-state index >= 15 is 0 Å². The molecular formula is C19H18ClN3O2. The van der Waals surface area contributed by atoms with Crippen molar-refractivity contribution in [2.45, 2.75) is 13.8 Å². The Morgan fingerprint density at radius 1 is 1.08 bits per heavy atom. The fourth-order valence-electron chi connectivity index (χ4n) is 2.12. The van der Waals surface area contributed by atoms with Crippen LogP contribution in [-0.2, 0) is 0 Å². The van der Waals surface area contributed by atoms with E-state index in [0.717, 1.165) is 0 Å². The standard InChI is InChI=1S/C17H12ClN3O2.C2H6/c18-13-6-7-15(20-17(23)21-9-8-19-11-21)14(10-13)16(22)12-4-2-1-3-5-12;1-2/h1-11H,(H,20,23);1-2H3. The summed E-state index contributed by atoms with van der Waals surface area (Å²) >= 11 is 6.00. The number of benzene rings is 2. The SMILES string of the molecule is CC.O=C(c1ccccc1)c1cc(Cl)ccc1NC(=O)n1ccnc1. The Hall–Kier alpha value is -2.92. The summed E-state index contributed by atoms with van der Waals surface area (Å²) in [5.41, 5.74) is 1.24. The van der Waals surface area contributed by atoms with Gasteiger partial charge in [0, 0.05) is 28.5 Å². The fraction of sp³-hybridized carbons (Fsp3) is 0.105. The van der Waals surface area contributed by atoms with Crippen molar-refractivity contribution in [2.24, 2.45) is 0 Å². The van der Waals surface area contributed by atoms with Gasteiger partial charge in [-0.3, -0.25) is 9.36 Å². The molecule has 1 heterocycles. The molecule has 0 spiro atoms. The Bertz CT molecular complexity index is 846. The van der Waals surface area contributed by atoms with Crippen LogP contribution in [0.1, 0.15) is 29.8 Å². The Kier molecular flexibility index (Phi) is 6.48. The molecule has 0 aliphatic rings. The number of imidazole rings is 1. The van der Waals surface area contributed by atoms with Crippen LogP contribution < -0.4 is 5.32 Å². The van der Waals surface area contributed by atoms with Gasteiger partial charge in [0.2, 0.25) is 0 Å². The smallest absolute Gasteiger partial charge is 0.306 e. The summed E-state index contributed by atoms with van der Waals surface area (Å²) in [6.45, 7) is 4.00. The number of hydrogen-bond acceptors (Lipinski definition) is 3. The second-order valence-electron chi connectivity index (χ2n) is 4.79. The molecule has 0 saturated carbocycles. The topological polar surface area (TPSA) is 64.0 Å². The van der Waals surface area contributed by atoms with Crippen LogP contribution in [0, 0.1) is 0 Å². The highest BCUT2D eigenvalue weighted by atomic mass is 35.5. The summed E-state index contributed by atoms with van der Waals surface area (Å²) in [7, 11) is 0. The van der Waals surface area contributed by atoms with Crippen LogP contribution in [0.15, 0.2) is 67.3 Å². The van der Waals surface area contributed by atoms with E-state index in [1.165, 1.54) is 23.3 Å². The van der Waals surface area contributed by atoms with Crippen molar-refractivity contribution in [1.29, 1.82) is 0 Å². The summed E-state index contributed by atoms with van der Waals surface area (Å²) in [5.74, 6) is -0.214. The lowest BCUT2D eigenvalue weighted by atomic mass is 10.0. The zero-order valence-corrected chi connectivity index (χ0v) is 14.7. The van der Waals surface area contributed by atoms with Crippen molar-refractivity contribution in [2.75, 3.05) is 5.32 Å². The molecule has 0 aliphatic heterocycles. The first-order valence-electron chi connectivity index (χ1n) is 7.84. The number of nitrogens with one attached hydrogen (secondary N) is 1. The molecule has 0 radical (unpaired) electrons. The highest BCUT2D eigenvalue weighted by molar-refractivity contribution is 6.31. The van der Waals surface area contributed by atoms with Gasteiger partial charge in [0.1, 0.15) is 6.33 Å². The largest absolute Gasteiger partial charge is 0.331 e. The van der Waals surface area contributed by atoms with Gasteiger partial charge in [0.15, 0.2) is 5.78 Å². The zero-order chi connectivity index (χ0) is 18.2. The predicted octanol–water partition coefficient (Wildman–Crippen LogP) is 4.87. The van der Waals surface area contributed by atoms with Crippen LogP contribution in [0.4, 0.5) is 10.5 Å². The number of hydrogen-bond donors (Lipinski definition) is 1. The average molecular weight is 356 g/mol. The van der Waals surface area contributed by atoms with Crippen molar-refractivity contribution in [3.8, 4) is 0 Å². The Morgan fingerprint density at radius 2 is 1.80 bits per heavy atom. The number of amides is 1. The highest BCUT2D eigenvalue weighted by Crippen LogP contribution is 2.24. The van der Waals surface area contributed by atoms with E-state index in [1.54, 1.807) is 42.5 Å². The van der Waals surface area contributed by atoms with E-state index in [0.29, 0.717) is 21.8 Å². The summed E-state index contributed by atoms with van der Waals surface area (Å²) < 4.78 is 1.28. The number of anilines is 1. The van der Waals surface area contributed by atoms with Crippen molar-refractivity contribution >= 4 is 29.1 Å². The van der Waals surface area contributed by atoms with Crippen LogP contribution in [0.2, 0.25) is 5.02 Å². The fourth-order valence-corrected chi connectivity index (χ4v) is 2.29. The summed E-state index contributed by atoms with van der Waals surface area (Å²) in [6.07, 6.45) is 4.39. The van der Waals surface area contributed by atoms with Gasteiger partial charge in [-0.2, -0.15) is 0 Å². The van der Waals surface area contributed by atoms with Gasteiger partial charge < -0.3 is 5.32 Å². The lowest BCUT2D eigenvalue weighted by Gasteiger charge is -2.11. The number of aromatic nitrogens is 2. The third-order valence-electron chi connectivity index (χ3n) is 3.24.